The fraction of sp³-hybridized carbons (Fsp3) is 0.346. The van der Waals surface area contributed by atoms with E-state index in [-0.39, 0.29) is 23.8 Å². The largest absolute Gasteiger partial charge is 0.490 e. The predicted molar refractivity (Wildman–Crippen MR) is 124 cm³/mol. The number of hydrogen-bond donors (Lipinski definition) is 0. The molecule has 0 unspecified atom stereocenters. The molecule has 2 amide bonds. The summed E-state index contributed by atoms with van der Waals surface area (Å²) < 4.78 is 11.5. The molecule has 7 heteroatoms. The van der Waals surface area contributed by atoms with Crippen molar-refractivity contribution in [2.75, 3.05) is 20.1 Å². The molecule has 0 bridgehead atoms. The number of nitrogens with zero attached hydrogens (tertiary/aromatic N) is 3. The first-order chi connectivity index (χ1) is 16.0. The minimum atomic E-state index is -0.172. The zero-order valence-corrected chi connectivity index (χ0v) is 19.0. The van der Waals surface area contributed by atoms with Crippen LogP contribution in [0.3, 0.4) is 0 Å². The number of para-hydroxylation sites is 1. The summed E-state index contributed by atoms with van der Waals surface area (Å²) >= 11 is 0. The second kappa shape index (κ2) is 10.3. The normalized spacial score (nSPS) is 18.1. The van der Waals surface area contributed by atoms with E-state index in [1.54, 1.807) is 16.7 Å². The van der Waals surface area contributed by atoms with Crippen LogP contribution in [0.4, 0.5) is 0 Å². The van der Waals surface area contributed by atoms with Gasteiger partial charge in [-0.2, -0.15) is 0 Å². The number of carbonyl (C=O) groups is 2. The van der Waals surface area contributed by atoms with Gasteiger partial charge in [0.05, 0.1) is 0 Å². The summed E-state index contributed by atoms with van der Waals surface area (Å²) in [7, 11) is 1.81. The SMILES string of the molecule is Cc1ocnc1C(=O)N1CC[C@H](Oc2ccccc2)[C@@H](CC(=O)N(C)Cc2ccccc2)C1. The van der Waals surface area contributed by atoms with E-state index in [1.807, 2.05) is 67.7 Å². The van der Waals surface area contributed by atoms with Crippen molar-refractivity contribution in [3.63, 3.8) is 0 Å². The molecule has 2 atom stereocenters. The van der Waals surface area contributed by atoms with Crippen molar-refractivity contribution in [2.24, 2.45) is 5.92 Å². The highest BCUT2D eigenvalue weighted by Crippen LogP contribution is 2.27. The van der Waals surface area contributed by atoms with Gasteiger partial charge in [-0.25, -0.2) is 4.98 Å². The highest BCUT2D eigenvalue weighted by atomic mass is 16.5. The number of likely N-dealkylation sites (tertiary alicyclic amines) is 1. The molecule has 1 fully saturated rings. The van der Waals surface area contributed by atoms with Crippen LogP contribution < -0.4 is 4.74 Å². The molecule has 3 aromatic rings. The molecule has 1 aliphatic rings. The lowest BCUT2D eigenvalue weighted by molar-refractivity contribution is -0.133. The van der Waals surface area contributed by atoms with Gasteiger partial charge in [-0.15, -0.1) is 0 Å². The third-order valence-electron chi connectivity index (χ3n) is 6.05. The number of oxazole rings is 1. The fourth-order valence-electron chi connectivity index (χ4n) is 4.21. The zero-order chi connectivity index (χ0) is 23.2. The van der Waals surface area contributed by atoms with Gasteiger partial charge >= 0.3 is 0 Å². The van der Waals surface area contributed by atoms with Crippen molar-refractivity contribution >= 4 is 11.8 Å². The summed E-state index contributed by atoms with van der Waals surface area (Å²) in [6, 6.07) is 19.5. The van der Waals surface area contributed by atoms with Gasteiger partial charge in [0.2, 0.25) is 5.91 Å². The summed E-state index contributed by atoms with van der Waals surface area (Å²) in [6.07, 6.45) is 2.05. The van der Waals surface area contributed by atoms with Gasteiger partial charge in [0.1, 0.15) is 17.6 Å². The zero-order valence-electron chi connectivity index (χ0n) is 19.0. The molecule has 172 valence electrons. The maximum atomic E-state index is 13.1. The van der Waals surface area contributed by atoms with E-state index in [9.17, 15) is 9.59 Å². The summed E-state index contributed by atoms with van der Waals surface area (Å²) in [5, 5.41) is 0. The van der Waals surface area contributed by atoms with Crippen LogP contribution in [-0.4, -0.2) is 52.8 Å². The van der Waals surface area contributed by atoms with Crippen LogP contribution in [0.1, 0.15) is 34.7 Å². The Balaban J connectivity index is 1.47. The molecule has 1 aliphatic heterocycles. The molecular weight excluding hydrogens is 418 g/mol. The molecule has 2 heterocycles. The van der Waals surface area contributed by atoms with Crippen LogP contribution >= 0.6 is 0 Å². The van der Waals surface area contributed by atoms with Gasteiger partial charge in [-0.05, 0) is 24.6 Å². The average Bonchev–Trinajstić information content (AvgIpc) is 3.26. The van der Waals surface area contributed by atoms with Crippen LogP contribution in [0.2, 0.25) is 0 Å². The van der Waals surface area contributed by atoms with Gasteiger partial charge in [0.15, 0.2) is 12.1 Å². The van der Waals surface area contributed by atoms with Gasteiger partial charge in [0, 0.05) is 45.4 Å². The second-order valence-corrected chi connectivity index (χ2v) is 8.47. The Labute approximate surface area is 194 Å². The number of benzene rings is 2. The lowest BCUT2D eigenvalue weighted by Crippen LogP contribution is -2.49. The summed E-state index contributed by atoms with van der Waals surface area (Å²) in [4.78, 5) is 33.7. The second-order valence-electron chi connectivity index (χ2n) is 8.47. The van der Waals surface area contributed by atoms with Gasteiger partial charge in [-0.1, -0.05) is 48.5 Å². The predicted octanol–water partition coefficient (Wildman–Crippen LogP) is 3.94. The number of hydrogen-bond acceptors (Lipinski definition) is 5. The monoisotopic (exact) mass is 447 g/mol. The number of carbonyl (C=O) groups excluding carboxylic acids is 2. The quantitative estimate of drug-likeness (QED) is 0.548. The number of aromatic nitrogens is 1. The fourth-order valence-corrected chi connectivity index (χ4v) is 4.21. The third-order valence-corrected chi connectivity index (χ3v) is 6.05. The van der Waals surface area contributed by atoms with E-state index in [2.05, 4.69) is 4.98 Å². The van der Waals surface area contributed by atoms with Crippen LogP contribution in [0.5, 0.6) is 5.75 Å². The Morgan fingerprint density at radius 2 is 1.82 bits per heavy atom. The topological polar surface area (TPSA) is 75.9 Å². The minimum absolute atomic E-state index is 0.0254. The average molecular weight is 448 g/mol. The van der Waals surface area contributed by atoms with E-state index in [0.717, 1.165) is 11.3 Å². The molecule has 0 N–H and O–H groups in total. The summed E-state index contributed by atoms with van der Waals surface area (Å²) in [6.45, 7) is 3.23. The van der Waals surface area contributed by atoms with Crippen LogP contribution in [0.15, 0.2) is 71.5 Å². The lowest BCUT2D eigenvalue weighted by atomic mass is 9.90. The van der Waals surface area contributed by atoms with E-state index in [1.165, 1.54) is 6.39 Å². The Morgan fingerprint density at radius 3 is 2.48 bits per heavy atom. The van der Waals surface area contributed by atoms with Gasteiger partial charge < -0.3 is 19.0 Å². The van der Waals surface area contributed by atoms with Crippen molar-refractivity contribution in [1.29, 1.82) is 0 Å². The lowest BCUT2D eigenvalue weighted by Gasteiger charge is -2.38. The molecule has 4 rings (SSSR count). The molecule has 0 radical (unpaired) electrons. The molecule has 1 aromatic heterocycles. The Bertz CT molecular complexity index is 1070. The number of amides is 2. The minimum Gasteiger partial charge on any atom is -0.490 e. The first-order valence-corrected chi connectivity index (χ1v) is 11.2. The molecule has 0 aliphatic carbocycles. The Hall–Kier alpha value is -3.61. The van der Waals surface area contributed by atoms with Gasteiger partial charge in [-0.3, -0.25) is 9.59 Å². The maximum absolute atomic E-state index is 13.1. The van der Waals surface area contributed by atoms with Crippen molar-refractivity contribution in [3.05, 3.63) is 84.1 Å². The summed E-state index contributed by atoms with van der Waals surface area (Å²) in [5.41, 5.74) is 1.40. The number of piperidine rings is 1. The van der Waals surface area contributed by atoms with Crippen LogP contribution in [0.25, 0.3) is 0 Å². The van der Waals surface area contributed by atoms with Crippen molar-refractivity contribution in [3.8, 4) is 5.75 Å². The standard InChI is InChI=1S/C26H29N3O4/c1-19-25(27-18-32-19)26(31)29-14-13-23(33-22-11-7-4-8-12-22)21(17-29)15-24(30)28(2)16-20-9-5-3-6-10-20/h3-12,18,21,23H,13-17H2,1-2H3/t21-,23-/m0/s1. The smallest absolute Gasteiger partial charge is 0.276 e. The third kappa shape index (κ3) is 5.61. The molecular formula is C26H29N3O4. The van der Waals surface area contributed by atoms with E-state index >= 15 is 0 Å². The van der Waals surface area contributed by atoms with E-state index in [0.29, 0.717) is 43.9 Å². The van der Waals surface area contributed by atoms with Crippen LogP contribution in [-0.2, 0) is 11.3 Å². The first-order valence-electron chi connectivity index (χ1n) is 11.2. The van der Waals surface area contributed by atoms with E-state index < -0.39 is 0 Å². The highest BCUT2D eigenvalue weighted by Gasteiger charge is 2.36. The molecule has 33 heavy (non-hydrogen) atoms. The van der Waals surface area contributed by atoms with Crippen molar-refractivity contribution < 1.29 is 18.7 Å². The Kier molecular flexibility index (Phi) is 7.07. The van der Waals surface area contributed by atoms with Crippen molar-refractivity contribution in [2.45, 2.75) is 32.4 Å². The van der Waals surface area contributed by atoms with Crippen molar-refractivity contribution in [1.82, 2.24) is 14.8 Å². The molecule has 7 nitrogen and oxygen atoms in total. The van der Waals surface area contributed by atoms with Gasteiger partial charge in [0.25, 0.3) is 5.91 Å². The number of aryl methyl sites for hydroxylation is 1. The van der Waals surface area contributed by atoms with Crippen LogP contribution in [0, 0.1) is 12.8 Å². The molecule has 0 saturated carbocycles. The Morgan fingerprint density at radius 1 is 1.12 bits per heavy atom. The molecule has 2 aromatic carbocycles. The number of ether oxygens (including phenoxy) is 1. The molecule has 1 saturated heterocycles. The summed E-state index contributed by atoms with van der Waals surface area (Å²) in [5.74, 6) is 0.982. The molecule has 0 spiro atoms. The first kappa shape index (κ1) is 22.6. The highest BCUT2D eigenvalue weighted by molar-refractivity contribution is 5.93. The maximum Gasteiger partial charge on any atom is 0.276 e. The van der Waals surface area contributed by atoms with E-state index in [4.69, 9.17) is 9.15 Å². The number of rotatable bonds is 7.